The SMILES string of the molecule is O=S1(=O)C[C@H]2[NH2+]C(=NCc3ccccc3)O[C@@H]2C1.[I-]. The number of sulfone groups is 1. The number of fused-ring (bicyclic) bond motifs is 1. The summed E-state index contributed by atoms with van der Waals surface area (Å²) in [7, 11) is -2.91. The van der Waals surface area contributed by atoms with Gasteiger partial charge in [0.15, 0.2) is 15.9 Å². The first-order chi connectivity index (χ1) is 8.62. The molecular weight excluding hydrogens is 379 g/mol. The molecule has 0 unspecified atom stereocenters. The second kappa shape index (κ2) is 5.76. The fourth-order valence-electron chi connectivity index (χ4n) is 2.34. The summed E-state index contributed by atoms with van der Waals surface area (Å²) in [5.74, 6) is 0.320. The number of quaternary nitrogens is 1. The average molecular weight is 394 g/mol. The minimum atomic E-state index is -2.91. The molecule has 19 heavy (non-hydrogen) atoms. The number of ether oxygens (including phenoxy) is 1. The third kappa shape index (κ3) is 3.46. The molecule has 0 spiro atoms. The molecule has 0 radical (unpaired) electrons. The predicted molar refractivity (Wildman–Crippen MR) is 66.8 cm³/mol. The monoisotopic (exact) mass is 394 g/mol. The number of aliphatic imine (C=N–C) groups is 1. The maximum absolute atomic E-state index is 11.4. The number of amidine groups is 1. The number of hydrogen-bond acceptors (Lipinski definition) is 4. The first-order valence-corrected chi connectivity index (χ1v) is 7.75. The van der Waals surface area contributed by atoms with Crippen molar-refractivity contribution in [2.75, 3.05) is 11.5 Å². The molecule has 2 N–H and O–H groups in total. The summed E-state index contributed by atoms with van der Waals surface area (Å²) in [5, 5.41) is 1.85. The maximum atomic E-state index is 11.4. The summed E-state index contributed by atoms with van der Waals surface area (Å²) in [6.07, 6.45) is -0.218. The molecule has 2 fully saturated rings. The van der Waals surface area contributed by atoms with Crippen molar-refractivity contribution >= 4 is 15.9 Å². The fraction of sp³-hybridized carbons (Fsp3) is 0.417. The maximum Gasteiger partial charge on any atom is 0.391 e. The Hall–Kier alpha value is -0.670. The largest absolute Gasteiger partial charge is 1.00 e. The second-order valence-corrected chi connectivity index (χ2v) is 6.86. The quantitative estimate of drug-likeness (QED) is 0.525. The Morgan fingerprint density at radius 1 is 1.26 bits per heavy atom. The van der Waals surface area contributed by atoms with Crippen LogP contribution in [0.25, 0.3) is 0 Å². The van der Waals surface area contributed by atoms with E-state index in [1.807, 2.05) is 35.6 Å². The van der Waals surface area contributed by atoms with E-state index < -0.39 is 9.84 Å². The van der Waals surface area contributed by atoms with E-state index in [9.17, 15) is 8.42 Å². The lowest BCUT2D eigenvalue weighted by Crippen LogP contribution is -3.00. The van der Waals surface area contributed by atoms with E-state index in [1.54, 1.807) is 0 Å². The highest BCUT2D eigenvalue weighted by molar-refractivity contribution is 7.91. The van der Waals surface area contributed by atoms with E-state index in [4.69, 9.17) is 4.74 Å². The zero-order chi connectivity index (χ0) is 12.6. The summed E-state index contributed by atoms with van der Waals surface area (Å²) in [6, 6.07) is 10.5. The van der Waals surface area contributed by atoms with E-state index in [-0.39, 0.29) is 47.6 Å². The normalized spacial score (nSPS) is 29.6. The van der Waals surface area contributed by atoms with Crippen LogP contribution < -0.4 is 29.3 Å². The van der Waals surface area contributed by atoms with Gasteiger partial charge in [-0.3, -0.25) is 5.32 Å². The lowest BCUT2D eigenvalue weighted by Gasteiger charge is -1.99. The third-order valence-electron chi connectivity index (χ3n) is 3.23. The lowest BCUT2D eigenvalue weighted by atomic mass is 10.2. The Morgan fingerprint density at radius 3 is 2.68 bits per heavy atom. The minimum absolute atomic E-state index is 0. The van der Waals surface area contributed by atoms with E-state index >= 15 is 0 Å². The molecule has 0 amide bonds. The molecule has 1 aromatic carbocycles. The van der Waals surface area contributed by atoms with Crippen molar-refractivity contribution in [3.63, 3.8) is 0 Å². The van der Waals surface area contributed by atoms with Crippen LogP contribution in [0.4, 0.5) is 0 Å². The Bertz CT molecular complexity index is 552. The minimum Gasteiger partial charge on any atom is -1.00 e. The molecule has 0 aliphatic carbocycles. The van der Waals surface area contributed by atoms with Crippen LogP contribution in [0.5, 0.6) is 0 Å². The van der Waals surface area contributed by atoms with Gasteiger partial charge in [0.25, 0.3) is 0 Å². The van der Waals surface area contributed by atoms with Gasteiger partial charge in [0, 0.05) is 0 Å². The van der Waals surface area contributed by atoms with Gasteiger partial charge in [-0.25, -0.2) is 8.42 Å². The number of nitrogens with zero attached hydrogens (tertiary/aromatic N) is 1. The standard InChI is InChI=1S/C12H14N2O3S.HI/c15-18(16)7-10-11(8-18)17-12(14-10)13-6-9-4-2-1-3-5-9;/h1-5,10-11H,6-8H2,(H,13,14);1H/t10-,11-;/m1./s1. The molecule has 2 heterocycles. The van der Waals surface area contributed by atoms with Gasteiger partial charge >= 0.3 is 6.02 Å². The van der Waals surface area contributed by atoms with E-state index in [1.165, 1.54) is 0 Å². The molecule has 0 aromatic heterocycles. The molecule has 104 valence electrons. The lowest BCUT2D eigenvalue weighted by molar-refractivity contribution is -0.565. The van der Waals surface area contributed by atoms with Crippen LogP contribution in [0.1, 0.15) is 5.56 Å². The molecule has 3 rings (SSSR count). The molecule has 2 aliphatic heterocycles. The van der Waals surface area contributed by atoms with Crippen LogP contribution >= 0.6 is 0 Å². The molecule has 2 saturated heterocycles. The van der Waals surface area contributed by atoms with Crippen molar-refractivity contribution in [3.05, 3.63) is 35.9 Å². The van der Waals surface area contributed by atoms with Crippen molar-refractivity contribution < 1.29 is 42.4 Å². The van der Waals surface area contributed by atoms with Gasteiger partial charge in [-0.15, -0.1) is 0 Å². The fourth-order valence-corrected chi connectivity index (χ4v) is 4.19. The first kappa shape index (κ1) is 14.7. The van der Waals surface area contributed by atoms with Crippen LogP contribution in [-0.2, 0) is 21.1 Å². The van der Waals surface area contributed by atoms with Crippen molar-refractivity contribution in [1.29, 1.82) is 0 Å². The number of halogens is 1. The molecule has 2 atom stereocenters. The van der Waals surface area contributed by atoms with Crippen LogP contribution in [0, 0.1) is 0 Å². The van der Waals surface area contributed by atoms with Crippen LogP contribution in [0.2, 0.25) is 0 Å². The van der Waals surface area contributed by atoms with E-state index in [0.29, 0.717) is 12.6 Å². The Labute approximate surface area is 129 Å². The first-order valence-electron chi connectivity index (χ1n) is 5.93. The van der Waals surface area contributed by atoms with Crippen molar-refractivity contribution in [2.45, 2.75) is 18.7 Å². The molecular formula is C12H15IN2O3S. The third-order valence-corrected chi connectivity index (χ3v) is 4.96. The Balaban J connectivity index is 0.00000133. The van der Waals surface area contributed by atoms with E-state index in [2.05, 4.69) is 4.99 Å². The Morgan fingerprint density at radius 2 is 2.00 bits per heavy atom. The predicted octanol–water partition coefficient (Wildman–Crippen LogP) is -3.69. The highest BCUT2D eigenvalue weighted by Crippen LogP contribution is 2.16. The molecule has 5 nitrogen and oxygen atoms in total. The van der Waals surface area contributed by atoms with Gasteiger partial charge in [-0.2, -0.15) is 4.99 Å². The van der Waals surface area contributed by atoms with E-state index in [0.717, 1.165) is 5.56 Å². The molecule has 7 heteroatoms. The van der Waals surface area contributed by atoms with Gasteiger partial charge in [-0.1, -0.05) is 30.3 Å². The highest BCUT2D eigenvalue weighted by atomic mass is 127. The average Bonchev–Trinajstić information content (AvgIpc) is 2.81. The van der Waals surface area contributed by atoms with Crippen molar-refractivity contribution in [1.82, 2.24) is 0 Å². The number of hydrogen-bond donors (Lipinski definition) is 1. The van der Waals surface area contributed by atoms with Crippen LogP contribution in [-0.4, -0.2) is 38.1 Å². The molecule has 0 bridgehead atoms. The smallest absolute Gasteiger partial charge is 0.391 e. The number of benzene rings is 1. The number of rotatable bonds is 2. The van der Waals surface area contributed by atoms with Gasteiger partial charge in [-0.05, 0) is 5.56 Å². The van der Waals surface area contributed by atoms with Crippen LogP contribution in [0.15, 0.2) is 35.3 Å². The van der Waals surface area contributed by atoms with Gasteiger partial charge in [0.05, 0.1) is 12.3 Å². The summed E-state index contributed by atoms with van der Waals surface area (Å²) in [6.45, 7) is 0.568. The highest BCUT2D eigenvalue weighted by Gasteiger charge is 2.48. The zero-order valence-electron chi connectivity index (χ0n) is 10.2. The second-order valence-electron chi connectivity index (χ2n) is 4.70. The molecule has 1 aromatic rings. The van der Waals surface area contributed by atoms with Crippen LogP contribution in [0.3, 0.4) is 0 Å². The Kier molecular flexibility index (Phi) is 4.46. The zero-order valence-corrected chi connectivity index (χ0v) is 13.2. The topological polar surface area (TPSA) is 72.3 Å². The molecule has 2 aliphatic rings. The number of nitrogens with two attached hydrogens (primary N) is 1. The van der Waals surface area contributed by atoms with Crippen molar-refractivity contribution in [3.8, 4) is 0 Å². The summed E-state index contributed by atoms with van der Waals surface area (Å²) in [5.41, 5.74) is 1.12. The van der Waals surface area contributed by atoms with Gasteiger partial charge in [0.2, 0.25) is 0 Å². The summed E-state index contributed by atoms with van der Waals surface area (Å²) >= 11 is 0. The summed E-state index contributed by atoms with van der Waals surface area (Å²) in [4.78, 5) is 4.37. The summed E-state index contributed by atoms with van der Waals surface area (Å²) < 4.78 is 28.3. The van der Waals surface area contributed by atoms with Crippen molar-refractivity contribution in [2.24, 2.45) is 4.99 Å². The van der Waals surface area contributed by atoms with Gasteiger partial charge < -0.3 is 28.7 Å². The molecule has 0 saturated carbocycles. The van der Waals surface area contributed by atoms with Gasteiger partial charge in [0.1, 0.15) is 11.8 Å².